The van der Waals surface area contributed by atoms with Gasteiger partial charge in [0.15, 0.2) is 23.1 Å². The van der Waals surface area contributed by atoms with E-state index in [2.05, 4.69) is 15.1 Å². The second-order valence-electron chi connectivity index (χ2n) is 6.02. The van der Waals surface area contributed by atoms with Gasteiger partial charge in [0, 0.05) is 18.1 Å². The van der Waals surface area contributed by atoms with Crippen LogP contribution in [0, 0.1) is 11.6 Å². The molecule has 9 heteroatoms. The van der Waals surface area contributed by atoms with Crippen molar-refractivity contribution in [3.8, 4) is 17.1 Å². The molecule has 3 aromatic heterocycles. The first-order chi connectivity index (χ1) is 12.0. The Morgan fingerprint density at radius 1 is 1.28 bits per heavy atom. The van der Waals surface area contributed by atoms with Gasteiger partial charge in [0.1, 0.15) is 22.8 Å². The highest BCUT2D eigenvalue weighted by molar-refractivity contribution is 5.62. The molecular weight excluding hydrogens is 332 g/mol. The van der Waals surface area contributed by atoms with E-state index in [1.54, 1.807) is 6.07 Å². The Morgan fingerprint density at radius 2 is 2.04 bits per heavy atom. The van der Waals surface area contributed by atoms with Gasteiger partial charge in [-0.2, -0.15) is 5.10 Å². The van der Waals surface area contributed by atoms with Crippen molar-refractivity contribution >= 4 is 11.5 Å². The van der Waals surface area contributed by atoms with Gasteiger partial charge in [-0.05, 0) is 12.8 Å². The molecule has 130 valence electrons. The van der Waals surface area contributed by atoms with Crippen molar-refractivity contribution in [3.05, 3.63) is 35.7 Å². The molecular formula is C16H15F2N5O2. The lowest BCUT2D eigenvalue weighted by Gasteiger charge is -2.31. The number of anilines is 1. The third-order valence-corrected chi connectivity index (χ3v) is 4.40. The molecule has 0 amide bonds. The van der Waals surface area contributed by atoms with E-state index in [0.717, 1.165) is 0 Å². The zero-order chi connectivity index (χ0) is 17.7. The zero-order valence-corrected chi connectivity index (χ0v) is 13.3. The highest BCUT2D eigenvalue weighted by atomic mass is 19.1. The number of rotatable bonds is 3. The maximum Gasteiger partial charge on any atom is 0.168 e. The summed E-state index contributed by atoms with van der Waals surface area (Å²) in [6.45, 7) is 0. The number of nitrogens with two attached hydrogens (primary N) is 1. The first kappa shape index (κ1) is 15.7. The number of ether oxygens (including phenoxy) is 1. The van der Waals surface area contributed by atoms with Crippen molar-refractivity contribution in [1.29, 1.82) is 0 Å². The van der Waals surface area contributed by atoms with Crippen LogP contribution in [-0.4, -0.2) is 37.9 Å². The van der Waals surface area contributed by atoms with Crippen molar-refractivity contribution in [3.63, 3.8) is 0 Å². The lowest BCUT2D eigenvalue weighted by Crippen LogP contribution is -2.28. The topological polar surface area (TPSA) is 98.6 Å². The maximum atomic E-state index is 14.2. The van der Waals surface area contributed by atoms with Crippen LogP contribution in [0.3, 0.4) is 0 Å². The predicted molar refractivity (Wildman–Crippen MR) is 85.1 cm³/mol. The molecule has 4 rings (SSSR count). The number of aliphatic hydroxyl groups excluding tert-OH is 1. The Labute approximate surface area is 141 Å². The fraction of sp³-hybridized carbons (Fsp3) is 0.312. The molecule has 3 N–H and O–H groups in total. The van der Waals surface area contributed by atoms with Gasteiger partial charge in [-0.25, -0.2) is 23.3 Å². The van der Waals surface area contributed by atoms with Crippen LogP contribution >= 0.6 is 0 Å². The van der Waals surface area contributed by atoms with E-state index < -0.39 is 17.5 Å². The average molecular weight is 347 g/mol. The summed E-state index contributed by atoms with van der Waals surface area (Å²) in [7, 11) is 1.53. The molecule has 7 nitrogen and oxygen atoms in total. The van der Waals surface area contributed by atoms with E-state index >= 15 is 0 Å². The second-order valence-corrected chi connectivity index (χ2v) is 6.02. The van der Waals surface area contributed by atoms with Gasteiger partial charge in [-0.3, -0.25) is 0 Å². The maximum absolute atomic E-state index is 14.2. The number of fused-ring (bicyclic) bond motifs is 1. The highest BCUT2D eigenvalue weighted by Crippen LogP contribution is 2.40. The lowest BCUT2D eigenvalue weighted by atomic mass is 9.80. The number of pyridine rings is 1. The molecule has 0 unspecified atom stereocenters. The van der Waals surface area contributed by atoms with E-state index in [0.29, 0.717) is 36.0 Å². The van der Waals surface area contributed by atoms with E-state index in [-0.39, 0.29) is 23.4 Å². The Balaban J connectivity index is 1.89. The summed E-state index contributed by atoms with van der Waals surface area (Å²) in [4.78, 5) is 7.97. The number of aromatic nitrogens is 4. The van der Waals surface area contributed by atoms with Crippen molar-refractivity contribution in [2.45, 2.75) is 24.9 Å². The smallest absolute Gasteiger partial charge is 0.168 e. The number of nitrogens with zero attached hydrogens (tertiary/aromatic N) is 4. The monoisotopic (exact) mass is 347 g/mol. The highest BCUT2D eigenvalue weighted by Gasteiger charge is 2.33. The van der Waals surface area contributed by atoms with Crippen molar-refractivity contribution in [2.75, 3.05) is 12.8 Å². The molecule has 0 atom stereocenters. The predicted octanol–water partition coefficient (Wildman–Crippen LogP) is 1.90. The fourth-order valence-corrected chi connectivity index (χ4v) is 2.99. The molecule has 1 aliphatic rings. The Hall–Kier alpha value is -2.81. The summed E-state index contributed by atoms with van der Waals surface area (Å²) in [5.41, 5.74) is 6.65. The van der Waals surface area contributed by atoms with Gasteiger partial charge in [-0.15, -0.1) is 0 Å². The van der Waals surface area contributed by atoms with Crippen LogP contribution in [0.5, 0.6) is 5.75 Å². The summed E-state index contributed by atoms with van der Waals surface area (Å²) in [6.07, 6.45) is 2.19. The molecule has 0 radical (unpaired) electrons. The molecule has 0 aromatic carbocycles. The van der Waals surface area contributed by atoms with Gasteiger partial charge in [0.25, 0.3) is 0 Å². The van der Waals surface area contributed by atoms with E-state index in [1.165, 1.54) is 17.8 Å². The van der Waals surface area contributed by atoms with Crippen molar-refractivity contribution in [2.24, 2.45) is 0 Å². The second kappa shape index (κ2) is 5.62. The minimum absolute atomic E-state index is 0.0423. The van der Waals surface area contributed by atoms with Crippen LogP contribution in [0.25, 0.3) is 17.0 Å². The van der Waals surface area contributed by atoms with Crippen LogP contribution in [0.15, 0.2) is 18.3 Å². The normalized spacial score (nSPS) is 19.8. The molecule has 0 bridgehead atoms. The van der Waals surface area contributed by atoms with Gasteiger partial charge in [0.2, 0.25) is 0 Å². The van der Waals surface area contributed by atoms with Crippen LogP contribution in [0.4, 0.5) is 14.6 Å². The quantitative estimate of drug-likeness (QED) is 0.751. The van der Waals surface area contributed by atoms with Crippen LogP contribution in [-0.2, 0) is 0 Å². The summed E-state index contributed by atoms with van der Waals surface area (Å²) in [5.74, 6) is -1.59. The van der Waals surface area contributed by atoms with Crippen molar-refractivity contribution in [1.82, 2.24) is 19.6 Å². The largest absolute Gasteiger partial charge is 0.495 e. The van der Waals surface area contributed by atoms with Crippen LogP contribution in [0.2, 0.25) is 0 Å². The molecule has 3 aromatic rings. The molecule has 0 aliphatic heterocycles. The van der Waals surface area contributed by atoms with Crippen LogP contribution in [0.1, 0.15) is 24.5 Å². The standard InChI is InChI=1S/C16H15F2N5O2/c1-25-12-5-13-20-6-11(15-9(17)4-10(18)16(19)21-15)23(13)22-14(12)7-2-8(24)3-7/h4-8,24H,2-3H2,1H3,(H2,19,21). The molecule has 1 aliphatic carbocycles. The van der Waals surface area contributed by atoms with Crippen molar-refractivity contribution < 1.29 is 18.6 Å². The number of halogens is 2. The summed E-state index contributed by atoms with van der Waals surface area (Å²) in [6, 6.07) is 2.37. The third-order valence-electron chi connectivity index (χ3n) is 4.40. The van der Waals surface area contributed by atoms with Gasteiger partial charge < -0.3 is 15.6 Å². The number of aliphatic hydroxyl groups is 1. The zero-order valence-electron chi connectivity index (χ0n) is 13.3. The number of nitrogen functional groups attached to an aromatic ring is 1. The molecule has 1 saturated carbocycles. The SMILES string of the molecule is COc1cc2ncc(-c3nc(N)c(F)cc3F)n2nc1C1CC(O)C1. The Bertz CT molecular complexity index is 969. The molecule has 0 spiro atoms. The molecule has 1 fully saturated rings. The first-order valence-electron chi connectivity index (χ1n) is 7.70. The summed E-state index contributed by atoms with van der Waals surface area (Å²) >= 11 is 0. The van der Waals surface area contributed by atoms with E-state index in [9.17, 15) is 13.9 Å². The van der Waals surface area contributed by atoms with E-state index in [4.69, 9.17) is 10.5 Å². The third kappa shape index (κ3) is 2.47. The minimum atomic E-state index is -0.922. The van der Waals surface area contributed by atoms with Gasteiger partial charge in [0.05, 0.1) is 19.4 Å². The fourth-order valence-electron chi connectivity index (χ4n) is 2.99. The molecule has 25 heavy (non-hydrogen) atoms. The molecule has 0 saturated heterocycles. The Morgan fingerprint density at radius 3 is 2.72 bits per heavy atom. The lowest BCUT2D eigenvalue weighted by molar-refractivity contribution is 0.0718. The average Bonchev–Trinajstić information content (AvgIpc) is 2.96. The number of hydrogen-bond acceptors (Lipinski definition) is 6. The minimum Gasteiger partial charge on any atom is -0.495 e. The van der Waals surface area contributed by atoms with E-state index in [1.807, 2.05) is 0 Å². The summed E-state index contributed by atoms with van der Waals surface area (Å²) in [5, 5.41) is 14.1. The van der Waals surface area contributed by atoms with Gasteiger partial charge in [-0.1, -0.05) is 0 Å². The summed E-state index contributed by atoms with van der Waals surface area (Å²) < 4.78 is 34.3. The number of hydrogen-bond donors (Lipinski definition) is 2. The molecule has 3 heterocycles. The van der Waals surface area contributed by atoms with Crippen LogP contribution < -0.4 is 10.5 Å². The number of imidazole rings is 1. The van der Waals surface area contributed by atoms with Gasteiger partial charge >= 0.3 is 0 Å². The first-order valence-corrected chi connectivity index (χ1v) is 7.70. The number of methoxy groups -OCH3 is 1. The Kier molecular flexibility index (Phi) is 3.53.